The summed E-state index contributed by atoms with van der Waals surface area (Å²) in [6.07, 6.45) is -0.250. The summed E-state index contributed by atoms with van der Waals surface area (Å²) in [7, 11) is 0. The van der Waals surface area contributed by atoms with E-state index >= 15 is 0 Å². The van der Waals surface area contributed by atoms with Crippen LogP contribution < -0.4 is 0 Å². The number of hydrogen-bond acceptors (Lipinski definition) is 3. The molecule has 0 saturated heterocycles. The molecular weight excluding hydrogens is 407 g/mol. The smallest absolute Gasteiger partial charge is 0.359 e. The van der Waals surface area contributed by atoms with Crippen molar-refractivity contribution in [1.82, 2.24) is 9.78 Å². The van der Waals surface area contributed by atoms with Crippen molar-refractivity contribution in [2.24, 2.45) is 0 Å². The Morgan fingerprint density at radius 3 is 2.26 bits per heavy atom. The molecule has 0 atom stereocenters. The van der Waals surface area contributed by atoms with Crippen molar-refractivity contribution in [3.63, 3.8) is 0 Å². The first-order valence-electron chi connectivity index (χ1n) is 8.30. The number of esters is 1. The standard InChI is InChI=1S/C20H17Cl3N2O2/c1-11(2)27-20(26)18-12(3)19(13-4-6-14(21)7-5-13)25(24-18)17-9-8-15(22)10-16(17)23/h4-11H,1-3H3. The van der Waals surface area contributed by atoms with Gasteiger partial charge in [-0.25, -0.2) is 9.48 Å². The van der Waals surface area contributed by atoms with Crippen LogP contribution in [0.5, 0.6) is 0 Å². The highest BCUT2D eigenvalue weighted by Crippen LogP contribution is 2.33. The fourth-order valence-electron chi connectivity index (χ4n) is 2.73. The van der Waals surface area contributed by atoms with Crippen LogP contribution in [0.4, 0.5) is 0 Å². The fourth-order valence-corrected chi connectivity index (χ4v) is 3.35. The molecule has 1 heterocycles. The molecule has 140 valence electrons. The van der Waals surface area contributed by atoms with Gasteiger partial charge in [-0.15, -0.1) is 0 Å². The molecule has 0 fully saturated rings. The highest BCUT2D eigenvalue weighted by molar-refractivity contribution is 6.35. The molecule has 0 N–H and O–H groups in total. The zero-order valence-corrected chi connectivity index (χ0v) is 17.2. The van der Waals surface area contributed by atoms with Gasteiger partial charge in [-0.1, -0.05) is 46.9 Å². The lowest BCUT2D eigenvalue weighted by molar-refractivity contribution is 0.0369. The van der Waals surface area contributed by atoms with Gasteiger partial charge in [-0.05, 0) is 51.1 Å². The number of aromatic nitrogens is 2. The number of halogens is 3. The molecule has 27 heavy (non-hydrogen) atoms. The summed E-state index contributed by atoms with van der Waals surface area (Å²) in [5.74, 6) is -0.485. The van der Waals surface area contributed by atoms with Crippen molar-refractivity contribution in [2.75, 3.05) is 0 Å². The van der Waals surface area contributed by atoms with Gasteiger partial charge >= 0.3 is 5.97 Å². The third kappa shape index (κ3) is 4.13. The molecule has 0 amide bonds. The fraction of sp³-hybridized carbons (Fsp3) is 0.200. The average Bonchev–Trinajstić information content (AvgIpc) is 2.92. The summed E-state index contributed by atoms with van der Waals surface area (Å²) in [5.41, 5.74) is 3.11. The summed E-state index contributed by atoms with van der Waals surface area (Å²) in [6, 6.07) is 12.4. The predicted molar refractivity (Wildman–Crippen MR) is 109 cm³/mol. The van der Waals surface area contributed by atoms with Crippen LogP contribution in [-0.4, -0.2) is 21.9 Å². The van der Waals surface area contributed by atoms with Crippen LogP contribution >= 0.6 is 34.8 Å². The zero-order chi connectivity index (χ0) is 19.7. The molecule has 0 saturated carbocycles. The van der Waals surface area contributed by atoms with Gasteiger partial charge in [-0.3, -0.25) is 0 Å². The second-order valence-electron chi connectivity index (χ2n) is 6.29. The van der Waals surface area contributed by atoms with Crippen LogP contribution in [0, 0.1) is 6.92 Å². The minimum absolute atomic E-state index is 0.236. The Hall–Kier alpha value is -2.01. The monoisotopic (exact) mass is 422 g/mol. The maximum absolute atomic E-state index is 12.5. The van der Waals surface area contributed by atoms with Gasteiger partial charge in [-0.2, -0.15) is 5.10 Å². The second-order valence-corrected chi connectivity index (χ2v) is 7.57. The summed E-state index contributed by atoms with van der Waals surface area (Å²) in [5, 5.41) is 6.06. The molecule has 0 bridgehead atoms. The number of benzene rings is 2. The summed E-state index contributed by atoms with van der Waals surface area (Å²) >= 11 is 18.4. The highest BCUT2D eigenvalue weighted by atomic mass is 35.5. The largest absolute Gasteiger partial charge is 0.458 e. The maximum atomic E-state index is 12.5. The van der Waals surface area contributed by atoms with E-state index < -0.39 is 5.97 Å². The summed E-state index contributed by atoms with van der Waals surface area (Å²) in [4.78, 5) is 12.5. The molecule has 4 nitrogen and oxygen atoms in total. The van der Waals surface area contributed by atoms with Gasteiger partial charge in [0.05, 0.1) is 22.5 Å². The van der Waals surface area contributed by atoms with Gasteiger partial charge < -0.3 is 4.74 Å². The highest BCUT2D eigenvalue weighted by Gasteiger charge is 2.24. The minimum Gasteiger partial charge on any atom is -0.458 e. The number of nitrogens with zero attached hydrogens (tertiary/aromatic N) is 2. The average molecular weight is 424 g/mol. The van der Waals surface area contributed by atoms with E-state index in [4.69, 9.17) is 39.5 Å². The van der Waals surface area contributed by atoms with Crippen LogP contribution in [0.1, 0.15) is 29.9 Å². The topological polar surface area (TPSA) is 44.1 Å². The molecule has 0 unspecified atom stereocenters. The normalized spacial score (nSPS) is 11.1. The quantitative estimate of drug-likeness (QED) is 0.458. The van der Waals surface area contributed by atoms with Crippen LogP contribution in [0.25, 0.3) is 16.9 Å². The van der Waals surface area contributed by atoms with E-state index in [1.165, 1.54) is 0 Å². The molecule has 0 radical (unpaired) electrons. The minimum atomic E-state index is -0.485. The Morgan fingerprint density at radius 2 is 1.67 bits per heavy atom. The third-order valence-corrected chi connectivity index (χ3v) is 4.70. The molecular formula is C20H17Cl3N2O2. The first kappa shape index (κ1) is 19.7. The Morgan fingerprint density at radius 1 is 1.04 bits per heavy atom. The first-order chi connectivity index (χ1) is 12.8. The Bertz CT molecular complexity index is 995. The van der Waals surface area contributed by atoms with Gasteiger partial charge in [0.1, 0.15) is 0 Å². The van der Waals surface area contributed by atoms with Gasteiger partial charge in [0.2, 0.25) is 0 Å². The number of carbonyl (C=O) groups excluding carboxylic acids is 1. The number of ether oxygens (including phenoxy) is 1. The molecule has 0 aliphatic heterocycles. The lowest BCUT2D eigenvalue weighted by Crippen LogP contribution is -2.13. The number of carbonyl (C=O) groups is 1. The van der Waals surface area contributed by atoms with E-state index in [0.29, 0.717) is 26.3 Å². The molecule has 3 aromatic rings. The van der Waals surface area contributed by atoms with E-state index in [1.54, 1.807) is 48.9 Å². The van der Waals surface area contributed by atoms with Crippen molar-refractivity contribution in [2.45, 2.75) is 26.9 Å². The molecule has 0 spiro atoms. The van der Waals surface area contributed by atoms with Gasteiger partial charge in [0.25, 0.3) is 0 Å². The van der Waals surface area contributed by atoms with Crippen LogP contribution in [0.3, 0.4) is 0 Å². The lowest BCUT2D eigenvalue weighted by Gasteiger charge is -2.11. The first-order valence-corrected chi connectivity index (χ1v) is 9.43. The molecule has 3 rings (SSSR count). The Balaban J connectivity index is 2.24. The van der Waals surface area contributed by atoms with Gasteiger partial charge in [0, 0.05) is 21.2 Å². The molecule has 2 aromatic carbocycles. The maximum Gasteiger partial charge on any atom is 0.359 e. The van der Waals surface area contributed by atoms with E-state index in [1.807, 2.05) is 19.1 Å². The summed E-state index contributed by atoms with van der Waals surface area (Å²) < 4.78 is 6.97. The van der Waals surface area contributed by atoms with E-state index in [9.17, 15) is 4.79 Å². The van der Waals surface area contributed by atoms with Crippen LogP contribution in [0.2, 0.25) is 15.1 Å². The van der Waals surface area contributed by atoms with E-state index in [-0.39, 0.29) is 11.8 Å². The van der Waals surface area contributed by atoms with Gasteiger partial charge in [0.15, 0.2) is 5.69 Å². The van der Waals surface area contributed by atoms with Crippen molar-refractivity contribution in [3.8, 4) is 16.9 Å². The van der Waals surface area contributed by atoms with Crippen molar-refractivity contribution in [3.05, 3.63) is 68.8 Å². The molecule has 0 aliphatic rings. The van der Waals surface area contributed by atoms with Crippen LogP contribution in [0.15, 0.2) is 42.5 Å². The SMILES string of the molecule is Cc1c(C(=O)OC(C)C)nn(-c2ccc(Cl)cc2Cl)c1-c1ccc(Cl)cc1. The molecule has 1 aromatic heterocycles. The van der Waals surface area contributed by atoms with Crippen molar-refractivity contribution in [1.29, 1.82) is 0 Å². The Labute approximate surface area is 172 Å². The summed E-state index contributed by atoms with van der Waals surface area (Å²) in [6.45, 7) is 5.41. The molecule has 0 aliphatic carbocycles. The zero-order valence-electron chi connectivity index (χ0n) is 15.0. The lowest BCUT2D eigenvalue weighted by atomic mass is 10.1. The Kier molecular flexibility index (Phi) is 5.80. The number of rotatable bonds is 4. The second kappa shape index (κ2) is 7.93. The third-order valence-electron chi connectivity index (χ3n) is 3.91. The molecule has 7 heteroatoms. The van der Waals surface area contributed by atoms with Crippen LogP contribution in [-0.2, 0) is 4.74 Å². The van der Waals surface area contributed by atoms with E-state index in [0.717, 1.165) is 11.3 Å². The van der Waals surface area contributed by atoms with E-state index in [2.05, 4.69) is 5.10 Å². The predicted octanol–water partition coefficient (Wildman–Crippen LogP) is 6.37. The van der Waals surface area contributed by atoms with Crippen molar-refractivity contribution >= 4 is 40.8 Å². The number of hydrogen-bond donors (Lipinski definition) is 0. The van der Waals surface area contributed by atoms with Crippen molar-refractivity contribution < 1.29 is 9.53 Å².